The molecule has 1 fully saturated rings. The average molecular weight is 263 g/mol. The smallest absolute Gasteiger partial charge is 0.127 e. The van der Waals surface area contributed by atoms with Crippen LogP contribution in [0, 0.1) is 5.92 Å². The Morgan fingerprint density at radius 1 is 1.33 bits per heavy atom. The zero-order chi connectivity index (χ0) is 13.0. The molecule has 1 saturated carbocycles. The highest BCUT2D eigenvalue weighted by Gasteiger charge is 2.33. The first-order valence-electron chi connectivity index (χ1n) is 6.49. The van der Waals surface area contributed by atoms with Gasteiger partial charge in [-0.05, 0) is 37.3 Å². The van der Waals surface area contributed by atoms with Crippen LogP contribution in [-0.2, 0) is 0 Å². The molecule has 3 unspecified atom stereocenters. The summed E-state index contributed by atoms with van der Waals surface area (Å²) in [5, 5.41) is 19.5. The molecule has 2 rings (SSSR count). The number of ether oxygens (including phenoxy) is 1. The fourth-order valence-corrected chi connectivity index (χ4v) is 2.99. The van der Waals surface area contributed by atoms with E-state index in [0.29, 0.717) is 11.7 Å². The van der Waals surface area contributed by atoms with Gasteiger partial charge in [0, 0.05) is 16.3 Å². The molecular weight excluding hydrogens is 244 g/mol. The third-order valence-corrected chi connectivity index (χ3v) is 3.81. The Labute approximate surface area is 111 Å². The van der Waals surface area contributed by atoms with Crippen LogP contribution in [0.1, 0.15) is 25.7 Å². The molecule has 18 heavy (non-hydrogen) atoms. The second-order valence-electron chi connectivity index (χ2n) is 4.88. The highest BCUT2D eigenvalue weighted by atomic mass is 28.1. The van der Waals surface area contributed by atoms with Crippen molar-refractivity contribution in [3.63, 3.8) is 0 Å². The minimum absolute atomic E-state index is 0.170. The number of hydrogen-bond acceptors (Lipinski definition) is 3. The molecule has 1 aromatic rings. The van der Waals surface area contributed by atoms with Crippen LogP contribution in [0.5, 0.6) is 11.5 Å². The molecule has 0 aromatic heterocycles. The highest BCUT2D eigenvalue weighted by Crippen LogP contribution is 2.32. The lowest BCUT2D eigenvalue weighted by Crippen LogP contribution is -2.41. The van der Waals surface area contributed by atoms with Crippen molar-refractivity contribution < 1.29 is 14.9 Å². The van der Waals surface area contributed by atoms with E-state index in [-0.39, 0.29) is 11.9 Å². The maximum absolute atomic E-state index is 10.1. The molecular formula is C14H19O3Si. The Kier molecular flexibility index (Phi) is 4.66. The third-order valence-electron chi connectivity index (χ3n) is 3.52. The molecule has 3 atom stereocenters. The van der Waals surface area contributed by atoms with Crippen LogP contribution in [-0.4, -0.2) is 32.7 Å². The molecule has 0 heterocycles. The standard InChI is InChI=1S/C14H19O3Si/c15-11-4-2-5-12(9-11)17-14-10(7-8-18)3-1-6-13(14)16/h2,4-5,9-10,13-16H,1,3,6-8H2. The van der Waals surface area contributed by atoms with Gasteiger partial charge in [-0.2, -0.15) is 0 Å². The van der Waals surface area contributed by atoms with E-state index in [2.05, 4.69) is 10.2 Å². The van der Waals surface area contributed by atoms with Gasteiger partial charge in [-0.15, -0.1) is 0 Å². The van der Waals surface area contributed by atoms with Gasteiger partial charge in [0.1, 0.15) is 17.6 Å². The predicted molar refractivity (Wildman–Crippen MR) is 71.0 cm³/mol. The third kappa shape index (κ3) is 3.27. The number of phenols is 1. The van der Waals surface area contributed by atoms with Gasteiger partial charge in [0.15, 0.2) is 0 Å². The Morgan fingerprint density at radius 3 is 2.89 bits per heavy atom. The molecule has 0 saturated heterocycles. The summed E-state index contributed by atoms with van der Waals surface area (Å²) in [6.45, 7) is 0. The summed E-state index contributed by atoms with van der Waals surface area (Å²) in [4.78, 5) is 0. The molecule has 0 aliphatic heterocycles. The van der Waals surface area contributed by atoms with Gasteiger partial charge in [-0.25, -0.2) is 0 Å². The second-order valence-corrected chi connectivity index (χ2v) is 5.38. The second kappa shape index (κ2) is 6.25. The van der Waals surface area contributed by atoms with E-state index in [4.69, 9.17) is 4.74 Å². The minimum Gasteiger partial charge on any atom is -0.508 e. The van der Waals surface area contributed by atoms with Crippen molar-refractivity contribution in [3.05, 3.63) is 24.3 Å². The first-order valence-corrected chi connectivity index (χ1v) is 7.20. The number of benzene rings is 1. The van der Waals surface area contributed by atoms with Crippen LogP contribution in [0.15, 0.2) is 24.3 Å². The van der Waals surface area contributed by atoms with Gasteiger partial charge in [0.2, 0.25) is 0 Å². The van der Waals surface area contributed by atoms with Crippen LogP contribution < -0.4 is 4.74 Å². The number of aliphatic hydroxyl groups is 1. The Morgan fingerprint density at radius 2 is 2.17 bits per heavy atom. The molecule has 3 radical (unpaired) electrons. The van der Waals surface area contributed by atoms with Crippen molar-refractivity contribution in [1.29, 1.82) is 0 Å². The number of aliphatic hydroxyl groups excluding tert-OH is 1. The molecule has 0 spiro atoms. The average Bonchev–Trinajstić information content (AvgIpc) is 2.34. The van der Waals surface area contributed by atoms with Gasteiger partial charge >= 0.3 is 0 Å². The maximum Gasteiger partial charge on any atom is 0.127 e. The summed E-state index contributed by atoms with van der Waals surface area (Å²) in [6.07, 6.45) is 3.35. The molecule has 97 valence electrons. The fraction of sp³-hybridized carbons (Fsp3) is 0.571. The lowest BCUT2D eigenvalue weighted by Gasteiger charge is -2.35. The van der Waals surface area contributed by atoms with Gasteiger partial charge in [-0.1, -0.05) is 18.5 Å². The van der Waals surface area contributed by atoms with Crippen molar-refractivity contribution in [2.45, 2.75) is 43.9 Å². The van der Waals surface area contributed by atoms with Gasteiger partial charge < -0.3 is 14.9 Å². The summed E-state index contributed by atoms with van der Waals surface area (Å²) >= 11 is 0. The number of hydrogen-bond donors (Lipinski definition) is 2. The number of aromatic hydroxyl groups is 1. The molecule has 1 aromatic carbocycles. The SMILES string of the molecule is Oc1cccc(OC2C(O)CCCC2CC[Si])c1. The van der Waals surface area contributed by atoms with E-state index in [1.807, 2.05) is 6.07 Å². The zero-order valence-electron chi connectivity index (χ0n) is 10.4. The van der Waals surface area contributed by atoms with Crippen LogP contribution in [0.25, 0.3) is 0 Å². The summed E-state index contributed by atoms with van der Waals surface area (Å²) in [6, 6.07) is 7.67. The molecule has 0 amide bonds. The topological polar surface area (TPSA) is 49.7 Å². The molecule has 3 nitrogen and oxygen atoms in total. The fourth-order valence-electron chi connectivity index (χ4n) is 2.61. The monoisotopic (exact) mass is 263 g/mol. The maximum atomic E-state index is 10.1. The van der Waals surface area contributed by atoms with Crippen molar-refractivity contribution in [3.8, 4) is 11.5 Å². The van der Waals surface area contributed by atoms with Gasteiger partial charge in [0.05, 0.1) is 6.10 Å². The first kappa shape index (κ1) is 13.4. The van der Waals surface area contributed by atoms with E-state index in [1.54, 1.807) is 18.2 Å². The van der Waals surface area contributed by atoms with Crippen LogP contribution in [0.3, 0.4) is 0 Å². The molecule has 1 aliphatic rings. The predicted octanol–water partition coefficient (Wildman–Crippen LogP) is 2.28. The lowest BCUT2D eigenvalue weighted by molar-refractivity contribution is -0.0297. The molecule has 1 aliphatic carbocycles. The summed E-state index contributed by atoms with van der Waals surface area (Å²) < 4.78 is 5.88. The normalized spacial score (nSPS) is 28.0. The quantitative estimate of drug-likeness (QED) is 0.819. The number of rotatable bonds is 4. The zero-order valence-corrected chi connectivity index (χ0v) is 11.4. The van der Waals surface area contributed by atoms with Crippen molar-refractivity contribution >= 4 is 10.2 Å². The van der Waals surface area contributed by atoms with Crippen LogP contribution >= 0.6 is 0 Å². The Hall–Kier alpha value is -1.00. The first-order chi connectivity index (χ1) is 8.70. The van der Waals surface area contributed by atoms with E-state index in [0.717, 1.165) is 31.7 Å². The lowest BCUT2D eigenvalue weighted by atomic mass is 9.82. The van der Waals surface area contributed by atoms with Crippen LogP contribution in [0.4, 0.5) is 0 Å². The summed E-state index contributed by atoms with van der Waals surface area (Å²) in [7, 11) is 3.50. The van der Waals surface area contributed by atoms with Gasteiger partial charge in [0.25, 0.3) is 0 Å². The van der Waals surface area contributed by atoms with E-state index >= 15 is 0 Å². The minimum atomic E-state index is -0.413. The summed E-state index contributed by atoms with van der Waals surface area (Å²) in [5.74, 6) is 1.18. The van der Waals surface area contributed by atoms with Crippen molar-refractivity contribution in [2.75, 3.05) is 0 Å². The largest absolute Gasteiger partial charge is 0.508 e. The van der Waals surface area contributed by atoms with Crippen molar-refractivity contribution in [1.82, 2.24) is 0 Å². The molecule has 2 N–H and O–H groups in total. The Bertz CT molecular complexity index is 381. The van der Waals surface area contributed by atoms with Gasteiger partial charge in [-0.3, -0.25) is 0 Å². The molecule has 0 bridgehead atoms. The van der Waals surface area contributed by atoms with Crippen molar-refractivity contribution in [2.24, 2.45) is 5.92 Å². The Balaban J connectivity index is 2.08. The number of phenolic OH excluding ortho intramolecular Hbond substituents is 1. The van der Waals surface area contributed by atoms with E-state index in [1.165, 1.54) is 0 Å². The molecule has 4 heteroatoms. The highest BCUT2D eigenvalue weighted by molar-refractivity contribution is 6.08. The summed E-state index contributed by atoms with van der Waals surface area (Å²) in [5.41, 5.74) is 0. The van der Waals surface area contributed by atoms with Crippen LogP contribution in [0.2, 0.25) is 6.04 Å². The van der Waals surface area contributed by atoms with E-state index in [9.17, 15) is 10.2 Å². The van der Waals surface area contributed by atoms with E-state index < -0.39 is 6.10 Å².